The maximum Gasteiger partial charge on any atom is 0.253 e. The molecule has 0 atom stereocenters. The Morgan fingerprint density at radius 1 is 1.45 bits per heavy atom. The third kappa shape index (κ3) is 4.86. The molecule has 0 saturated carbocycles. The summed E-state index contributed by atoms with van der Waals surface area (Å²) in [7, 11) is 1.62. The highest BCUT2D eigenvalue weighted by Gasteiger charge is 2.20. The fourth-order valence-electron chi connectivity index (χ4n) is 1.76. The molecule has 0 saturated heterocycles. The standard InChI is InChI=1S/C15H18ClNO3/c1-15(2,20)10-17(3)14(19)12-7-6-11(5-4-8-18)13(16)9-12/h6-7,9,18,20H,8,10H2,1-3H3. The average molecular weight is 296 g/mol. The van der Waals surface area contributed by atoms with E-state index in [1.807, 2.05) is 0 Å². The Morgan fingerprint density at radius 3 is 2.60 bits per heavy atom. The van der Waals surface area contributed by atoms with Crippen molar-refractivity contribution in [3.63, 3.8) is 0 Å². The Balaban J connectivity index is 2.92. The molecule has 108 valence electrons. The molecule has 0 radical (unpaired) electrons. The molecule has 2 N–H and O–H groups in total. The Kier molecular flexibility index (Phi) is 5.58. The van der Waals surface area contributed by atoms with Crippen molar-refractivity contribution in [2.24, 2.45) is 0 Å². The number of nitrogens with zero attached hydrogens (tertiary/aromatic N) is 1. The minimum Gasteiger partial charge on any atom is -0.389 e. The zero-order chi connectivity index (χ0) is 15.3. The smallest absolute Gasteiger partial charge is 0.253 e. The number of aliphatic hydroxyl groups excluding tert-OH is 1. The topological polar surface area (TPSA) is 60.8 Å². The number of halogens is 1. The van der Waals surface area contributed by atoms with Crippen molar-refractivity contribution in [3.05, 3.63) is 34.3 Å². The van der Waals surface area contributed by atoms with Gasteiger partial charge in [0.2, 0.25) is 0 Å². The first-order chi connectivity index (χ1) is 9.24. The average Bonchev–Trinajstić information content (AvgIpc) is 2.34. The fourth-order valence-corrected chi connectivity index (χ4v) is 1.98. The van der Waals surface area contributed by atoms with Crippen LogP contribution in [0.25, 0.3) is 0 Å². The predicted molar refractivity (Wildman–Crippen MR) is 78.7 cm³/mol. The first-order valence-electron chi connectivity index (χ1n) is 6.12. The Hall–Kier alpha value is -1.54. The molecule has 1 amide bonds. The predicted octanol–water partition coefficient (Wildman–Crippen LogP) is 1.53. The van der Waals surface area contributed by atoms with Crippen LogP contribution >= 0.6 is 11.6 Å². The van der Waals surface area contributed by atoms with Gasteiger partial charge in [0.1, 0.15) is 6.61 Å². The molecule has 0 fully saturated rings. The van der Waals surface area contributed by atoms with Crippen LogP contribution in [0.5, 0.6) is 0 Å². The van der Waals surface area contributed by atoms with Crippen LogP contribution in [-0.4, -0.2) is 46.8 Å². The van der Waals surface area contributed by atoms with Gasteiger partial charge in [0.05, 0.1) is 10.6 Å². The van der Waals surface area contributed by atoms with Crippen LogP contribution in [0.1, 0.15) is 29.8 Å². The first kappa shape index (κ1) is 16.5. The van der Waals surface area contributed by atoms with E-state index in [0.717, 1.165) is 0 Å². The molecule has 0 aliphatic carbocycles. The van der Waals surface area contributed by atoms with Gasteiger partial charge < -0.3 is 15.1 Å². The van der Waals surface area contributed by atoms with Gasteiger partial charge in [0.25, 0.3) is 5.91 Å². The lowest BCUT2D eigenvalue weighted by molar-refractivity contribution is 0.0368. The van der Waals surface area contributed by atoms with Gasteiger partial charge in [0, 0.05) is 24.7 Å². The van der Waals surface area contributed by atoms with Gasteiger partial charge in [-0.3, -0.25) is 4.79 Å². The Bertz CT molecular complexity index is 552. The molecule has 0 bridgehead atoms. The van der Waals surface area contributed by atoms with Crippen LogP contribution in [0.2, 0.25) is 5.02 Å². The third-order valence-electron chi connectivity index (χ3n) is 2.49. The molecule has 1 rings (SSSR count). The highest BCUT2D eigenvalue weighted by Crippen LogP contribution is 2.18. The lowest BCUT2D eigenvalue weighted by Crippen LogP contribution is -2.39. The van der Waals surface area contributed by atoms with Crippen molar-refractivity contribution in [3.8, 4) is 11.8 Å². The summed E-state index contributed by atoms with van der Waals surface area (Å²) < 4.78 is 0. The minimum absolute atomic E-state index is 0.218. The van der Waals surface area contributed by atoms with Gasteiger partial charge in [-0.1, -0.05) is 23.4 Å². The van der Waals surface area contributed by atoms with Gasteiger partial charge in [-0.15, -0.1) is 0 Å². The minimum atomic E-state index is -0.958. The number of hydrogen-bond donors (Lipinski definition) is 2. The third-order valence-corrected chi connectivity index (χ3v) is 2.80. The van der Waals surface area contributed by atoms with E-state index in [9.17, 15) is 9.90 Å². The summed E-state index contributed by atoms with van der Waals surface area (Å²) in [5, 5.41) is 18.7. The summed E-state index contributed by atoms with van der Waals surface area (Å²) in [6.45, 7) is 3.25. The maximum atomic E-state index is 12.2. The van der Waals surface area contributed by atoms with Gasteiger partial charge in [0.15, 0.2) is 0 Å². The van der Waals surface area contributed by atoms with Gasteiger partial charge in [-0.25, -0.2) is 0 Å². The van der Waals surface area contributed by atoms with E-state index < -0.39 is 5.60 Å². The number of aliphatic hydroxyl groups is 2. The lowest BCUT2D eigenvalue weighted by atomic mass is 10.1. The monoisotopic (exact) mass is 295 g/mol. The van der Waals surface area contributed by atoms with Gasteiger partial charge in [-0.05, 0) is 32.0 Å². The number of carbonyl (C=O) groups is 1. The molecule has 5 heteroatoms. The van der Waals surface area contributed by atoms with E-state index in [4.69, 9.17) is 16.7 Å². The molecule has 0 aliphatic rings. The molecule has 0 spiro atoms. The quantitative estimate of drug-likeness (QED) is 0.831. The van der Waals surface area contributed by atoms with Crippen LogP contribution < -0.4 is 0 Å². The normalized spacial score (nSPS) is 10.7. The van der Waals surface area contributed by atoms with Crippen LogP contribution in [0.15, 0.2) is 18.2 Å². The van der Waals surface area contributed by atoms with Crippen molar-refractivity contribution in [2.45, 2.75) is 19.4 Å². The van der Waals surface area contributed by atoms with Crippen molar-refractivity contribution in [1.29, 1.82) is 0 Å². The molecular formula is C15H18ClNO3. The van der Waals surface area contributed by atoms with Crippen molar-refractivity contribution in [2.75, 3.05) is 20.2 Å². The van der Waals surface area contributed by atoms with Gasteiger partial charge >= 0.3 is 0 Å². The Labute approximate surface area is 124 Å². The number of hydrogen-bond acceptors (Lipinski definition) is 3. The number of carbonyl (C=O) groups excluding carboxylic acids is 1. The summed E-state index contributed by atoms with van der Waals surface area (Å²) in [5.41, 5.74) is 0.0273. The number of likely N-dealkylation sites (N-methyl/N-ethyl adjacent to an activating group) is 1. The highest BCUT2D eigenvalue weighted by molar-refractivity contribution is 6.32. The second-order valence-corrected chi connectivity index (χ2v) is 5.54. The van der Waals surface area contributed by atoms with E-state index in [2.05, 4.69) is 11.8 Å². The molecule has 20 heavy (non-hydrogen) atoms. The second-order valence-electron chi connectivity index (χ2n) is 5.13. The summed E-state index contributed by atoms with van der Waals surface area (Å²) in [4.78, 5) is 13.6. The second kappa shape index (κ2) is 6.76. The molecule has 1 aromatic rings. The lowest BCUT2D eigenvalue weighted by Gasteiger charge is -2.25. The van der Waals surface area contributed by atoms with Crippen LogP contribution in [0, 0.1) is 11.8 Å². The van der Waals surface area contributed by atoms with Crippen molar-refractivity contribution < 1.29 is 15.0 Å². The van der Waals surface area contributed by atoms with Crippen LogP contribution in [-0.2, 0) is 0 Å². The van der Waals surface area contributed by atoms with Gasteiger partial charge in [-0.2, -0.15) is 0 Å². The van der Waals surface area contributed by atoms with E-state index in [0.29, 0.717) is 16.1 Å². The molecular weight excluding hydrogens is 278 g/mol. The zero-order valence-electron chi connectivity index (χ0n) is 11.8. The molecule has 0 unspecified atom stereocenters. The number of rotatable bonds is 3. The highest BCUT2D eigenvalue weighted by atomic mass is 35.5. The van der Waals surface area contributed by atoms with Crippen LogP contribution in [0.3, 0.4) is 0 Å². The largest absolute Gasteiger partial charge is 0.389 e. The van der Waals surface area contributed by atoms with E-state index in [-0.39, 0.29) is 19.1 Å². The summed E-state index contributed by atoms with van der Waals surface area (Å²) in [5.74, 6) is 4.97. The fraction of sp³-hybridized carbons (Fsp3) is 0.400. The SMILES string of the molecule is CN(CC(C)(C)O)C(=O)c1ccc(C#CCO)c(Cl)c1. The Morgan fingerprint density at radius 2 is 2.10 bits per heavy atom. The summed E-state index contributed by atoms with van der Waals surface area (Å²) in [6.07, 6.45) is 0. The molecule has 0 heterocycles. The van der Waals surface area contributed by atoms with E-state index >= 15 is 0 Å². The summed E-state index contributed by atoms with van der Waals surface area (Å²) >= 11 is 6.04. The number of amides is 1. The van der Waals surface area contributed by atoms with Crippen LogP contribution in [0.4, 0.5) is 0 Å². The van der Waals surface area contributed by atoms with E-state index in [1.54, 1.807) is 33.0 Å². The zero-order valence-corrected chi connectivity index (χ0v) is 12.5. The van der Waals surface area contributed by atoms with Crippen molar-refractivity contribution >= 4 is 17.5 Å². The molecule has 4 nitrogen and oxygen atoms in total. The molecule has 0 aromatic heterocycles. The first-order valence-corrected chi connectivity index (χ1v) is 6.49. The van der Waals surface area contributed by atoms with E-state index in [1.165, 1.54) is 11.0 Å². The molecule has 1 aromatic carbocycles. The summed E-state index contributed by atoms with van der Waals surface area (Å²) in [6, 6.07) is 4.79. The molecule has 0 aliphatic heterocycles. The maximum absolute atomic E-state index is 12.2. The van der Waals surface area contributed by atoms with Crippen molar-refractivity contribution in [1.82, 2.24) is 4.90 Å². The number of benzene rings is 1.